The number of fused-ring (bicyclic) bond motifs is 1. The molecule has 0 radical (unpaired) electrons. The Morgan fingerprint density at radius 3 is 3.05 bits per heavy atom. The van der Waals surface area contributed by atoms with E-state index >= 15 is 0 Å². The second kappa shape index (κ2) is 7.65. The summed E-state index contributed by atoms with van der Waals surface area (Å²) >= 11 is 0. The number of hydrogen-bond acceptors (Lipinski definition) is 3. The Labute approximate surface area is 122 Å². The van der Waals surface area contributed by atoms with Gasteiger partial charge in [-0.2, -0.15) is 0 Å². The Morgan fingerprint density at radius 2 is 2.30 bits per heavy atom. The van der Waals surface area contributed by atoms with Crippen LogP contribution in [0.25, 0.3) is 0 Å². The summed E-state index contributed by atoms with van der Waals surface area (Å²) in [6, 6.07) is 6.92. The molecule has 20 heavy (non-hydrogen) atoms. The SMILES string of the molecule is CCCNC1CCCc2ccc(OCCC(C)O)cc21. The molecule has 1 aliphatic carbocycles. The zero-order valence-corrected chi connectivity index (χ0v) is 12.7. The lowest BCUT2D eigenvalue weighted by atomic mass is 9.87. The van der Waals surface area contributed by atoms with E-state index in [4.69, 9.17) is 4.74 Å². The lowest BCUT2D eigenvalue weighted by molar-refractivity contribution is 0.155. The van der Waals surface area contributed by atoms with Crippen LogP contribution in [-0.4, -0.2) is 24.4 Å². The van der Waals surface area contributed by atoms with E-state index in [0.29, 0.717) is 19.1 Å². The van der Waals surface area contributed by atoms with Crippen molar-refractivity contribution in [3.8, 4) is 5.75 Å². The van der Waals surface area contributed by atoms with Crippen LogP contribution in [0.3, 0.4) is 0 Å². The zero-order chi connectivity index (χ0) is 14.4. The highest BCUT2D eigenvalue weighted by molar-refractivity contribution is 5.39. The lowest BCUT2D eigenvalue weighted by Crippen LogP contribution is -2.25. The second-order valence-corrected chi connectivity index (χ2v) is 5.75. The molecule has 0 saturated heterocycles. The van der Waals surface area contributed by atoms with Gasteiger partial charge < -0.3 is 15.2 Å². The van der Waals surface area contributed by atoms with Crippen molar-refractivity contribution in [1.29, 1.82) is 0 Å². The summed E-state index contributed by atoms with van der Waals surface area (Å²) in [5, 5.41) is 12.9. The number of ether oxygens (including phenoxy) is 1. The van der Waals surface area contributed by atoms with Crippen LogP contribution in [0.4, 0.5) is 0 Å². The van der Waals surface area contributed by atoms with E-state index < -0.39 is 0 Å². The molecule has 3 heteroatoms. The Kier molecular flexibility index (Phi) is 5.86. The molecule has 2 unspecified atom stereocenters. The highest BCUT2D eigenvalue weighted by Crippen LogP contribution is 2.32. The summed E-state index contributed by atoms with van der Waals surface area (Å²) in [5.74, 6) is 0.926. The van der Waals surface area contributed by atoms with E-state index in [1.54, 1.807) is 6.92 Å². The van der Waals surface area contributed by atoms with Gasteiger partial charge in [-0.1, -0.05) is 13.0 Å². The average Bonchev–Trinajstić information content (AvgIpc) is 2.44. The van der Waals surface area contributed by atoms with E-state index in [-0.39, 0.29) is 6.10 Å². The van der Waals surface area contributed by atoms with Crippen LogP contribution < -0.4 is 10.1 Å². The van der Waals surface area contributed by atoms with Crippen molar-refractivity contribution in [2.45, 2.75) is 58.1 Å². The van der Waals surface area contributed by atoms with Crippen molar-refractivity contribution in [2.75, 3.05) is 13.2 Å². The fraction of sp³-hybridized carbons (Fsp3) is 0.647. The molecule has 3 nitrogen and oxygen atoms in total. The first-order valence-electron chi connectivity index (χ1n) is 7.87. The molecule has 0 saturated carbocycles. The first-order chi connectivity index (χ1) is 9.70. The molecule has 0 amide bonds. The molecule has 2 N–H and O–H groups in total. The topological polar surface area (TPSA) is 41.5 Å². The van der Waals surface area contributed by atoms with Crippen molar-refractivity contribution < 1.29 is 9.84 Å². The maximum absolute atomic E-state index is 9.27. The fourth-order valence-electron chi connectivity index (χ4n) is 2.74. The van der Waals surface area contributed by atoms with Crippen molar-refractivity contribution in [1.82, 2.24) is 5.32 Å². The van der Waals surface area contributed by atoms with Crippen LogP contribution in [0.15, 0.2) is 18.2 Å². The number of hydrogen-bond donors (Lipinski definition) is 2. The number of rotatable bonds is 7. The quantitative estimate of drug-likeness (QED) is 0.804. The lowest BCUT2D eigenvalue weighted by Gasteiger charge is -2.27. The summed E-state index contributed by atoms with van der Waals surface area (Å²) in [7, 11) is 0. The number of aliphatic hydroxyl groups excluding tert-OH is 1. The molecule has 1 aliphatic rings. The standard InChI is InChI=1S/C17H27NO2/c1-3-10-18-17-6-4-5-14-7-8-15(12-16(14)17)20-11-9-13(2)19/h7-8,12-13,17-19H,3-6,9-11H2,1-2H3. The highest BCUT2D eigenvalue weighted by Gasteiger charge is 2.20. The van der Waals surface area contributed by atoms with Gasteiger partial charge in [-0.25, -0.2) is 0 Å². The molecule has 2 rings (SSSR count). The first-order valence-corrected chi connectivity index (χ1v) is 7.87. The molecule has 1 aromatic carbocycles. The summed E-state index contributed by atoms with van der Waals surface area (Å²) < 4.78 is 5.75. The molecule has 0 aromatic heterocycles. The van der Waals surface area contributed by atoms with E-state index in [9.17, 15) is 5.11 Å². The molecule has 0 aliphatic heterocycles. The number of aliphatic hydroxyl groups is 1. The highest BCUT2D eigenvalue weighted by atomic mass is 16.5. The van der Waals surface area contributed by atoms with Gasteiger partial charge in [0.15, 0.2) is 0 Å². The van der Waals surface area contributed by atoms with Gasteiger partial charge in [0, 0.05) is 12.5 Å². The monoisotopic (exact) mass is 277 g/mol. The molecule has 112 valence electrons. The van der Waals surface area contributed by atoms with Crippen molar-refractivity contribution >= 4 is 0 Å². The molecular formula is C17H27NO2. The summed E-state index contributed by atoms with van der Waals surface area (Å²) in [6.45, 7) is 5.63. The third-order valence-corrected chi connectivity index (χ3v) is 3.88. The largest absolute Gasteiger partial charge is 0.493 e. The van der Waals surface area contributed by atoms with Gasteiger partial charge in [-0.05, 0) is 62.4 Å². The van der Waals surface area contributed by atoms with Crippen LogP contribution in [0.1, 0.15) is 56.7 Å². The van der Waals surface area contributed by atoms with Crippen LogP contribution in [0.5, 0.6) is 5.75 Å². The maximum Gasteiger partial charge on any atom is 0.119 e. The molecule has 1 aromatic rings. The van der Waals surface area contributed by atoms with Crippen molar-refractivity contribution in [3.05, 3.63) is 29.3 Å². The van der Waals surface area contributed by atoms with E-state index in [2.05, 4.69) is 30.4 Å². The molecule has 0 heterocycles. The average molecular weight is 277 g/mol. The minimum Gasteiger partial charge on any atom is -0.493 e. The Bertz CT molecular complexity index is 417. The van der Waals surface area contributed by atoms with Crippen LogP contribution in [-0.2, 0) is 6.42 Å². The van der Waals surface area contributed by atoms with Gasteiger partial charge in [-0.3, -0.25) is 0 Å². The first kappa shape index (κ1) is 15.3. The van der Waals surface area contributed by atoms with E-state index in [1.807, 2.05) is 0 Å². The van der Waals surface area contributed by atoms with Crippen molar-refractivity contribution in [2.24, 2.45) is 0 Å². The normalized spacial score (nSPS) is 19.4. The minimum atomic E-state index is -0.299. The molecule has 0 spiro atoms. The Morgan fingerprint density at radius 1 is 1.45 bits per heavy atom. The fourth-order valence-corrected chi connectivity index (χ4v) is 2.74. The van der Waals surface area contributed by atoms with Crippen LogP contribution in [0, 0.1) is 0 Å². The van der Waals surface area contributed by atoms with Gasteiger partial charge in [0.05, 0.1) is 12.7 Å². The predicted molar refractivity (Wildman–Crippen MR) is 82.2 cm³/mol. The number of aryl methyl sites for hydroxylation is 1. The van der Waals surface area contributed by atoms with Gasteiger partial charge >= 0.3 is 0 Å². The molecule has 2 atom stereocenters. The Hall–Kier alpha value is -1.06. The maximum atomic E-state index is 9.27. The van der Waals surface area contributed by atoms with Gasteiger partial charge in [0.2, 0.25) is 0 Å². The van der Waals surface area contributed by atoms with Crippen molar-refractivity contribution in [3.63, 3.8) is 0 Å². The van der Waals surface area contributed by atoms with Gasteiger partial charge in [-0.15, -0.1) is 0 Å². The van der Waals surface area contributed by atoms with Crippen LogP contribution >= 0.6 is 0 Å². The molecule has 0 bridgehead atoms. The molecule has 0 fully saturated rings. The summed E-state index contributed by atoms with van der Waals surface area (Å²) in [4.78, 5) is 0. The minimum absolute atomic E-state index is 0.299. The second-order valence-electron chi connectivity index (χ2n) is 5.75. The Balaban J connectivity index is 2.03. The third kappa shape index (κ3) is 4.22. The van der Waals surface area contributed by atoms with E-state index in [0.717, 1.165) is 18.7 Å². The van der Waals surface area contributed by atoms with Crippen LogP contribution in [0.2, 0.25) is 0 Å². The number of benzene rings is 1. The smallest absolute Gasteiger partial charge is 0.119 e. The summed E-state index contributed by atoms with van der Waals surface area (Å²) in [5.41, 5.74) is 2.85. The van der Waals surface area contributed by atoms with Gasteiger partial charge in [0.25, 0.3) is 0 Å². The van der Waals surface area contributed by atoms with Gasteiger partial charge in [0.1, 0.15) is 5.75 Å². The zero-order valence-electron chi connectivity index (χ0n) is 12.7. The summed E-state index contributed by atoms with van der Waals surface area (Å²) in [6.07, 6.45) is 5.19. The van der Waals surface area contributed by atoms with E-state index in [1.165, 1.54) is 30.4 Å². The number of nitrogens with one attached hydrogen (secondary N) is 1. The predicted octanol–water partition coefficient (Wildman–Crippen LogP) is 3.21. The third-order valence-electron chi connectivity index (χ3n) is 3.88. The molecular weight excluding hydrogens is 250 g/mol.